The molecule has 0 radical (unpaired) electrons. The van der Waals surface area contributed by atoms with Gasteiger partial charge in [0.25, 0.3) is 19.8 Å². The van der Waals surface area contributed by atoms with Gasteiger partial charge in [0.1, 0.15) is 18.0 Å². The number of carbonyl (C=O) groups excluding carboxylic acids is 2. The fourth-order valence-electron chi connectivity index (χ4n) is 9.73. The summed E-state index contributed by atoms with van der Waals surface area (Å²) >= 11 is 0. The number of cyclic esters (lactones) is 1. The lowest BCUT2D eigenvalue weighted by Crippen LogP contribution is -2.69. The fraction of sp³-hybridized carbons (Fsp3) is 0.378. The Balaban J connectivity index is 1.19. The molecule has 2 aliphatic heterocycles. The third-order valence-electron chi connectivity index (χ3n) is 13.0. The Hall–Kier alpha value is -4.97. The average molecular weight is 772 g/mol. The molecule has 0 spiro atoms. The molecule has 1 fully saturated rings. The highest BCUT2D eigenvalue weighted by Gasteiger charge is 2.62. The minimum absolute atomic E-state index is 0.0145. The van der Waals surface area contributed by atoms with E-state index in [4.69, 9.17) is 14.1 Å². The number of nitrogens with zero attached hydrogens (tertiary/aromatic N) is 2. The first-order chi connectivity index (χ1) is 26.6. The maximum absolute atomic E-state index is 15.6. The fourth-order valence-corrected chi connectivity index (χ4v) is 14.5. The third kappa shape index (κ3) is 5.02. The predicted octanol–water partition coefficient (Wildman–Crippen LogP) is 5.91. The van der Waals surface area contributed by atoms with Gasteiger partial charge in [-0.05, 0) is 84.1 Å². The summed E-state index contributed by atoms with van der Waals surface area (Å²) < 4.78 is 30.0. The van der Waals surface area contributed by atoms with Crippen LogP contribution in [-0.2, 0) is 49.5 Å². The van der Waals surface area contributed by atoms with Gasteiger partial charge in [0.05, 0.1) is 34.6 Å². The van der Waals surface area contributed by atoms with Crippen molar-refractivity contribution in [2.24, 2.45) is 0 Å². The number of rotatable bonds is 7. The molecular formula is C45H46FN3O6Si. The van der Waals surface area contributed by atoms with E-state index in [9.17, 15) is 14.7 Å². The van der Waals surface area contributed by atoms with E-state index in [2.05, 4.69) is 50.4 Å². The van der Waals surface area contributed by atoms with Crippen molar-refractivity contribution in [3.8, 4) is 11.4 Å². The maximum atomic E-state index is 15.6. The van der Waals surface area contributed by atoms with E-state index in [0.717, 1.165) is 32.5 Å². The van der Waals surface area contributed by atoms with Gasteiger partial charge in [-0.15, -0.1) is 0 Å². The second kappa shape index (κ2) is 12.3. The molecule has 2 aromatic heterocycles. The summed E-state index contributed by atoms with van der Waals surface area (Å²) in [6.45, 7) is 12.0. The summed E-state index contributed by atoms with van der Waals surface area (Å²) in [5.74, 6) is -1.37. The van der Waals surface area contributed by atoms with Crippen LogP contribution in [0.25, 0.3) is 22.3 Å². The maximum Gasteiger partial charge on any atom is 0.343 e. The minimum atomic E-state index is -3.10. The van der Waals surface area contributed by atoms with Crippen LogP contribution in [0.5, 0.6) is 0 Å². The topological polar surface area (TPSA) is 120 Å². The highest BCUT2D eigenvalue weighted by molar-refractivity contribution is 6.99. The van der Waals surface area contributed by atoms with E-state index in [1.807, 2.05) is 43.3 Å². The quantitative estimate of drug-likeness (QED) is 0.153. The van der Waals surface area contributed by atoms with Crippen LogP contribution in [0.2, 0.25) is 5.04 Å². The van der Waals surface area contributed by atoms with Crippen LogP contribution in [0.3, 0.4) is 0 Å². The molecule has 1 saturated carbocycles. The average Bonchev–Trinajstić information content (AvgIpc) is 3.88. The molecule has 56 heavy (non-hydrogen) atoms. The summed E-state index contributed by atoms with van der Waals surface area (Å²) in [5, 5.41) is 17.6. The first-order valence-electron chi connectivity index (χ1n) is 19.5. The largest absolute Gasteiger partial charge is 0.458 e. The summed E-state index contributed by atoms with van der Waals surface area (Å²) in [5.41, 5.74) is 0.278. The van der Waals surface area contributed by atoms with Crippen molar-refractivity contribution in [2.75, 3.05) is 0 Å². The van der Waals surface area contributed by atoms with E-state index in [1.54, 1.807) is 24.5 Å². The van der Waals surface area contributed by atoms with Crippen LogP contribution >= 0.6 is 0 Å². The van der Waals surface area contributed by atoms with E-state index >= 15 is 9.18 Å². The number of amides is 1. The molecule has 5 aromatic rings. The highest BCUT2D eigenvalue weighted by Crippen LogP contribution is 2.51. The van der Waals surface area contributed by atoms with Crippen molar-refractivity contribution < 1.29 is 28.2 Å². The number of aryl methyl sites for hydroxylation is 1. The van der Waals surface area contributed by atoms with Crippen molar-refractivity contribution in [3.05, 3.63) is 122 Å². The molecule has 11 heteroatoms. The van der Waals surface area contributed by atoms with Crippen LogP contribution in [0, 0.1) is 12.7 Å². The lowest BCUT2D eigenvalue weighted by molar-refractivity contribution is -0.172. The standard InChI is InChI=1S/C45H46FN3O6Si/c1-7-45(53)32-22-35-38-30(24-49(35)39(50)31(32)25-54-41(45)52)37-36-29(26(2)33(46)23-34(36)47-38)18-19-43(37,6)48-40(51)44(20-21-44)55-56(42(3,4)5,27-14-10-8-11-15-27)28-16-12-9-13-17-28/h8-17,22-23,53H,7,18-21,24-25H2,1-6H3,(H,48,51)/t43-,45+/m1/s1. The zero-order valence-corrected chi connectivity index (χ0v) is 33.6. The van der Waals surface area contributed by atoms with Crippen molar-refractivity contribution in [2.45, 2.75) is 109 Å². The van der Waals surface area contributed by atoms with Crippen LogP contribution in [-0.4, -0.2) is 40.5 Å². The summed E-state index contributed by atoms with van der Waals surface area (Å²) in [6, 6.07) is 23.7. The summed E-state index contributed by atoms with van der Waals surface area (Å²) in [7, 11) is -3.10. The Labute approximate surface area is 326 Å². The third-order valence-corrected chi connectivity index (χ3v) is 18.1. The molecule has 3 aromatic carbocycles. The van der Waals surface area contributed by atoms with Crippen molar-refractivity contribution in [1.29, 1.82) is 0 Å². The van der Waals surface area contributed by atoms with Gasteiger partial charge in [-0.1, -0.05) is 88.4 Å². The number of halogens is 1. The number of aromatic nitrogens is 2. The van der Waals surface area contributed by atoms with Gasteiger partial charge >= 0.3 is 5.97 Å². The molecule has 9 nitrogen and oxygen atoms in total. The number of fused-ring (bicyclic) bond motifs is 5. The molecule has 0 saturated heterocycles. The SMILES string of the molecule is CC[C@@]1(O)C(=O)OCc2c1cc1n(c2=O)Cc2c-1nc1cc(F)c(C)c3c1c2[C@](C)(NC(=O)C1(O[Si](c2ccccc2)(c2ccccc2)C(C)(C)C)CC1)CC3. The second-order valence-corrected chi connectivity index (χ2v) is 21.5. The van der Waals surface area contributed by atoms with Crippen molar-refractivity contribution >= 4 is 41.5 Å². The molecular weight excluding hydrogens is 726 g/mol. The van der Waals surface area contributed by atoms with E-state index < -0.39 is 31.0 Å². The Morgan fingerprint density at radius 3 is 2.23 bits per heavy atom. The lowest BCUT2D eigenvalue weighted by atomic mass is 9.74. The number of ether oxygens (including phenoxy) is 1. The number of pyridine rings is 2. The van der Waals surface area contributed by atoms with Crippen LogP contribution in [0.4, 0.5) is 4.39 Å². The predicted molar refractivity (Wildman–Crippen MR) is 214 cm³/mol. The van der Waals surface area contributed by atoms with Crippen molar-refractivity contribution in [3.63, 3.8) is 0 Å². The van der Waals surface area contributed by atoms with Crippen molar-refractivity contribution in [1.82, 2.24) is 14.9 Å². The van der Waals surface area contributed by atoms with E-state index in [-0.39, 0.29) is 53.0 Å². The van der Waals surface area contributed by atoms with Gasteiger partial charge < -0.3 is 24.2 Å². The zero-order chi connectivity index (χ0) is 39.6. The molecule has 0 bridgehead atoms. The summed E-state index contributed by atoms with van der Waals surface area (Å²) in [4.78, 5) is 47.1. The van der Waals surface area contributed by atoms with Crippen LogP contribution in [0.1, 0.15) is 93.7 Å². The molecule has 9 rings (SSSR count). The first kappa shape index (κ1) is 36.7. The van der Waals surface area contributed by atoms with Gasteiger partial charge in [0.2, 0.25) is 0 Å². The highest BCUT2D eigenvalue weighted by atomic mass is 28.4. The molecule has 288 valence electrons. The monoisotopic (exact) mass is 771 g/mol. The van der Waals surface area contributed by atoms with Crippen LogP contribution in [0.15, 0.2) is 77.6 Å². The molecule has 0 unspecified atom stereocenters. The normalized spacial score (nSPS) is 21.9. The number of carbonyl (C=O) groups is 2. The minimum Gasteiger partial charge on any atom is -0.458 e. The summed E-state index contributed by atoms with van der Waals surface area (Å²) in [6.07, 6.45) is 2.14. The zero-order valence-electron chi connectivity index (χ0n) is 32.6. The number of hydrogen-bond donors (Lipinski definition) is 2. The molecule has 1 amide bonds. The van der Waals surface area contributed by atoms with Gasteiger partial charge in [0.15, 0.2) is 5.60 Å². The first-order valence-corrected chi connectivity index (χ1v) is 21.5. The Morgan fingerprint density at radius 2 is 1.64 bits per heavy atom. The lowest BCUT2D eigenvalue weighted by Gasteiger charge is -2.46. The number of nitrogens with one attached hydrogen (secondary N) is 1. The van der Waals surface area contributed by atoms with Crippen LogP contribution < -0.4 is 21.2 Å². The molecule has 2 atom stereocenters. The molecule has 2 aliphatic carbocycles. The van der Waals surface area contributed by atoms with Gasteiger partial charge in [-0.2, -0.15) is 0 Å². The number of aliphatic hydroxyl groups is 1. The molecule has 4 aliphatic rings. The number of esters is 1. The molecule has 4 heterocycles. The number of benzene rings is 3. The van der Waals surface area contributed by atoms with E-state index in [1.165, 1.54) is 6.07 Å². The van der Waals surface area contributed by atoms with E-state index in [0.29, 0.717) is 48.2 Å². The Kier molecular flexibility index (Phi) is 8.03. The van der Waals surface area contributed by atoms with Gasteiger partial charge in [-0.25, -0.2) is 14.2 Å². The van der Waals surface area contributed by atoms with Gasteiger partial charge in [-0.3, -0.25) is 9.59 Å². The Bertz CT molecular complexity index is 2520. The Morgan fingerprint density at radius 1 is 1.00 bits per heavy atom. The second-order valence-electron chi connectivity index (χ2n) is 17.3. The van der Waals surface area contributed by atoms with Gasteiger partial charge in [0, 0.05) is 22.6 Å². The number of hydrogen-bond acceptors (Lipinski definition) is 7. The molecule has 2 N–H and O–H groups in total. The smallest absolute Gasteiger partial charge is 0.343 e.